The molecular weight excluding hydrogens is 198 g/mol. The number of nitrogens with zero attached hydrogens (tertiary/aromatic N) is 2. The molecule has 0 spiro atoms. The van der Waals surface area contributed by atoms with Gasteiger partial charge in [-0.1, -0.05) is 19.3 Å². The summed E-state index contributed by atoms with van der Waals surface area (Å²) in [6.45, 7) is 0.947. The number of hydrogen-bond donors (Lipinski definition) is 1. The van der Waals surface area contributed by atoms with Gasteiger partial charge >= 0.3 is 0 Å². The Morgan fingerprint density at radius 2 is 1.88 bits per heavy atom. The minimum atomic E-state index is 0.715. The molecule has 1 aliphatic rings. The summed E-state index contributed by atoms with van der Waals surface area (Å²) in [5.41, 5.74) is 1.34. The molecule has 1 aliphatic carbocycles. The zero-order chi connectivity index (χ0) is 11.2. The average Bonchev–Trinajstić information content (AvgIpc) is 2.38. The first-order chi connectivity index (χ1) is 7.90. The minimum Gasteiger partial charge on any atom is -0.319 e. The summed E-state index contributed by atoms with van der Waals surface area (Å²) in [4.78, 5) is 8.88. The maximum atomic E-state index is 4.44. The Morgan fingerprint density at radius 1 is 1.19 bits per heavy atom. The molecule has 0 atom stereocenters. The molecule has 1 saturated carbocycles. The standard InChI is InChI=1S/C13H21N3/c1-14-8-7-13-15-9-12(10-16-13)11-5-3-2-4-6-11/h9-11,14H,2-8H2,1H3. The first kappa shape index (κ1) is 11.5. The molecule has 1 fully saturated rings. The Balaban J connectivity index is 1.95. The molecule has 2 rings (SSSR count). The van der Waals surface area contributed by atoms with Crippen LogP contribution in [0.25, 0.3) is 0 Å². The lowest BCUT2D eigenvalue weighted by molar-refractivity contribution is 0.441. The molecule has 0 unspecified atom stereocenters. The number of nitrogens with one attached hydrogen (secondary N) is 1. The number of hydrogen-bond acceptors (Lipinski definition) is 3. The number of aromatic nitrogens is 2. The quantitative estimate of drug-likeness (QED) is 0.844. The highest BCUT2D eigenvalue weighted by atomic mass is 14.9. The molecular formula is C13H21N3. The van der Waals surface area contributed by atoms with Gasteiger partial charge in [0, 0.05) is 25.4 Å². The van der Waals surface area contributed by atoms with Crippen LogP contribution in [0.15, 0.2) is 12.4 Å². The van der Waals surface area contributed by atoms with Crippen molar-refractivity contribution in [2.45, 2.75) is 44.4 Å². The third kappa shape index (κ3) is 3.01. The normalized spacial score (nSPS) is 17.6. The zero-order valence-corrected chi connectivity index (χ0v) is 10.1. The van der Waals surface area contributed by atoms with Crippen LogP contribution >= 0.6 is 0 Å². The van der Waals surface area contributed by atoms with Gasteiger partial charge in [0.1, 0.15) is 5.82 Å². The molecule has 1 aromatic heterocycles. The summed E-state index contributed by atoms with van der Waals surface area (Å²) < 4.78 is 0. The van der Waals surface area contributed by atoms with Crippen molar-refractivity contribution in [2.24, 2.45) is 0 Å². The maximum Gasteiger partial charge on any atom is 0.129 e. The Labute approximate surface area is 97.7 Å². The van der Waals surface area contributed by atoms with Gasteiger partial charge in [0.05, 0.1) is 0 Å². The first-order valence-electron chi connectivity index (χ1n) is 6.35. The van der Waals surface area contributed by atoms with Crippen molar-refractivity contribution >= 4 is 0 Å². The van der Waals surface area contributed by atoms with Crippen LogP contribution in [0.1, 0.15) is 49.4 Å². The maximum absolute atomic E-state index is 4.44. The third-order valence-electron chi connectivity index (χ3n) is 3.40. The average molecular weight is 219 g/mol. The summed E-state index contributed by atoms with van der Waals surface area (Å²) >= 11 is 0. The number of rotatable bonds is 4. The van der Waals surface area contributed by atoms with Crippen molar-refractivity contribution in [1.29, 1.82) is 0 Å². The van der Waals surface area contributed by atoms with Crippen LogP contribution in [-0.2, 0) is 6.42 Å². The molecule has 0 saturated heterocycles. The van der Waals surface area contributed by atoms with E-state index in [0.29, 0.717) is 5.92 Å². The van der Waals surface area contributed by atoms with Gasteiger partial charge in [0.2, 0.25) is 0 Å². The summed E-state index contributed by atoms with van der Waals surface area (Å²) in [7, 11) is 1.95. The van der Waals surface area contributed by atoms with E-state index in [1.54, 1.807) is 0 Å². The number of likely N-dealkylation sites (N-methyl/N-ethyl adjacent to an activating group) is 1. The third-order valence-corrected chi connectivity index (χ3v) is 3.40. The molecule has 0 bridgehead atoms. The molecule has 1 heterocycles. The van der Waals surface area contributed by atoms with Crippen molar-refractivity contribution in [3.8, 4) is 0 Å². The summed E-state index contributed by atoms with van der Waals surface area (Å²) in [6, 6.07) is 0. The molecule has 3 heteroatoms. The van der Waals surface area contributed by atoms with Gasteiger partial charge in [0.25, 0.3) is 0 Å². The van der Waals surface area contributed by atoms with Gasteiger partial charge in [-0.15, -0.1) is 0 Å². The van der Waals surface area contributed by atoms with Gasteiger partial charge in [-0.3, -0.25) is 0 Å². The highest BCUT2D eigenvalue weighted by Gasteiger charge is 2.15. The van der Waals surface area contributed by atoms with Gasteiger partial charge in [-0.05, 0) is 31.4 Å². The van der Waals surface area contributed by atoms with Crippen molar-refractivity contribution < 1.29 is 0 Å². The van der Waals surface area contributed by atoms with E-state index in [2.05, 4.69) is 15.3 Å². The van der Waals surface area contributed by atoms with E-state index in [1.165, 1.54) is 37.7 Å². The van der Waals surface area contributed by atoms with Gasteiger partial charge in [0.15, 0.2) is 0 Å². The lowest BCUT2D eigenvalue weighted by atomic mass is 9.85. The fourth-order valence-electron chi connectivity index (χ4n) is 2.38. The van der Waals surface area contributed by atoms with Gasteiger partial charge < -0.3 is 5.32 Å². The van der Waals surface area contributed by atoms with Crippen LogP contribution in [0, 0.1) is 0 Å². The Hall–Kier alpha value is -0.960. The van der Waals surface area contributed by atoms with E-state index in [1.807, 2.05) is 19.4 Å². The molecule has 0 amide bonds. The Kier molecular flexibility index (Phi) is 4.28. The fraction of sp³-hybridized carbons (Fsp3) is 0.692. The van der Waals surface area contributed by atoms with Crippen molar-refractivity contribution in [2.75, 3.05) is 13.6 Å². The molecule has 3 nitrogen and oxygen atoms in total. The largest absolute Gasteiger partial charge is 0.319 e. The first-order valence-corrected chi connectivity index (χ1v) is 6.35. The van der Waals surface area contributed by atoms with Gasteiger partial charge in [-0.25, -0.2) is 9.97 Å². The van der Waals surface area contributed by atoms with Crippen LogP contribution in [0.4, 0.5) is 0 Å². The van der Waals surface area contributed by atoms with E-state index >= 15 is 0 Å². The van der Waals surface area contributed by atoms with E-state index in [9.17, 15) is 0 Å². The van der Waals surface area contributed by atoms with Crippen LogP contribution in [0.5, 0.6) is 0 Å². The second-order valence-electron chi connectivity index (χ2n) is 4.62. The molecule has 16 heavy (non-hydrogen) atoms. The Bertz CT molecular complexity index is 301. The molecule has 88 valence electrons. The van der Waals surface area contributed by atoms with Crippen molar-refractivity contribution in [3.05, 3.63) is 23.8 Å². The van der Waals surface area contributed by atoms with E-state index < -0.39 is 0 Å². The summed E-state index contributed by atoms with van der Waals surface area (Å²) in [5, 5.41) is 3.11. The Morgan fingerprint density at radius 3 is 2.50 bits per heavy atom. The molecule has 1 N–H and O–H groups in total. The lowest BCUT2D eigenvalue weighted by Gasteiger charge is -2.21. The molecule has 0 aliphatic heterocycles. The summed E-state index contributed by atoms with van der Waals surface area (Å²) in [5.74, 6) is 1.67. The van der Waals surface area contributed by atoms with Crippen LogP contribution in [0.2, 0.25) is 0 Å². The summed E-state index contributed by atoms with van der Waals surface area (Å²) in [6.07, 6.45) is 11.8. The minimum absolute atomic E-state index is 0.715. The SMILES string of the molecule is CNCCc1ncc(C2CCCCC2)cn1. The second kappa shape index (κ2) is 5.94. The highest BCUT2D eigenvalue weighted by molar-refractivity contribution is 5.12. The molecule has 1 aromatic rings. The molecule has 0 radical (unpaired) electrons. The fourth-order valence-corrected chi connectivity index (χ4v) is 2.38. The van der Waals surface area contributed by atoms with Crippen molar-refractivity contribution in [3.63, 3.8) is 0 Å². The predicted octanol–water partition coefficient (Wildman–Crippen LogP) is 2.29. The predicted molar refractivity (Wildman–Crippen MR) is 65.5 cm³/mol. The van der Waals surface area contributed by atoms with Gasteiger partial charge in [-0.2, -0.15) is 0 Å². The van der Waals surface area contributed by atoms with Crippen LogP contribution < -0.4 is 5.32 Å². The van der Waals surface area contributed by atoms with Crippen LogP contribution in [-0.4, -0.2) is 23.6 Å². The van der Waals surface area contributed by atoms with Crippen LogP contribution in [0.3, 0.4) is 0 Å². The second-order valence-corrected chi connectivity index (χ2v) is 4.62. The topological polar surface area (TPSA) is 37.8 Å². The molecule has 0 aromatic carbocycles. The lowest BCUT2D eigenvalue weighted by Crippen LogP contribution is -2.13. The zero-order valence-electron chi connectivity index (χ0n) is 10.1. The smallest absolute Gasteiger partial charge is 0.129 e. The van der Waals surface area contributed by atoms with Crippen molar-refractivity contribution in [1.82, 2.24) is 15.3 Å². The van der Waals surface area contributed by atoms with E-state index in [4.69, 9.17) is 0 Å². The highest BCUT2D eigenvalue weighted by Crippen LogP contribution is 2.31. The van der Waals surface area contributed by atoms with E-state index in [0.717, 1.165) is 18.8 Å². The monoisotopic (exact) mass is 219 g/mol. The van der Waals surface area contributed by atoms with E-state index in [-0.39, 0.29) is 0 Å².